The summed E-state index contributed by atoms with van der Waals surface area (Å²) in [6.07, 6.45) is 2.88. The van der Waals surface area contributed by atoms with E-state index in [9.17, 15) is 0 Å². The van der Waals surface area contributed by atoms with Gasteiger partial charge in [0.1, 0.15) is 0 Å². The lowest BCUT2D eigenvalue weighted by molar-refractivity contribution is 1.13. The lowest BCUT2D eigenvalue weighted by Crippen LogP contribution is -1.97. The Bertz CT molecular complexity index is 450. The molecule has 0 aliphatic carbocycles. The molecule has 2 nitrogen and oxygen atoms in total. The average Bonchev–Trinajstić information content (AvgIpc) is 2.73. The minimum absolute atomic E-state index is 0.595. The number of nitrogens with one attached hydrogen (secondary N) is 1. The van der Waals surface area contributed by atoms with Gasteiger partial charge in [0.15, 0.2) is 4.47 Å². The number of anilines is 1. The number of thiazole rings is 1. The van der Waals surface area contributed by atoms with E-state index in [0.717, 1.165) is 23.5 Å². The van der Waals surface area contributed by atoms with Gasteiger partial charge < -0.3 is 5.32 Å². The van der Waals surface area contributed by atoms with E-state index in [1.165, 1.54) is 16.9 Å². The third-order valence-corrected chi connectivity index (χ3v) is 3.47. The molecule has 0 unspecified atom stereocenters. The van der Waals surface area contributed by atoms with E-state index in [-0.39, 0.29) is 0 Å². The van der Waals surface area contributed by atoms with Gasteiger partial charge in [0.05, 0.1) is 6.54 Å². The van der Waals surface area contributed by atoms with Gasteiger partial charge in [0.25, 0.3) is 0 Å². The zero-order valence-electron chi connectivity index (χ0n) is 9.03. The first-order valence-corrected chi connectivity index (χ1v) is 6.40. The van der Waals surface area contributed by atoms with Crippen molar-refractivity contribution < 1.29 is 0 Å². The maximum Gasteiger partial charge on any atom is 0.183 e. The summed E-state index contributed by atoms with van der Waals surface area (Å²) in [6.45, 7) is 2.93. The predicted molar refractivity (Wildman–Crippen MR) is 70.3 cm³/mol. The van der Waals surface area contributed by atoms with E-state index in [4.69, 9.17) is 11.6 Å². The Morgan fingerprint density at radius 1 is 1.31 bits per heavy atom. The zero-order valence-corrected chi connectivity index (χ0v) is 10.6. The molecule has 1 aromatic carbocycles. The first-order chi connectivity index (χ1) is 7.78. The van der Waals surface area contributed by atoms with E-state index in [1.54, 1.807) is 6.20 Å². The average molecular weight is 253 g/mol. The molecule has 1 N–H and O–H groups in total. The molecule has 0 fully saturated rings. The van der Waals surface area contributed by atoms with Gasteiger partial charge in [0.2, 0.25) is 0 Å². The quantitative estimate of drug-likeness (QED) is 0.891. The number of aryl methyl sites for hydroxylation is 1. The number of benzene rings is 1. The molecule has 0 aliphatic rings. The highest BCUT2D eigenvalue weighted by molar-refractivity contribution is 7.15. The Morgan fingerprint density at radius 3 is 2.62 bits per heavy atom. The van der Waals surface area contributed by atoms with E-state index in [1.807, 2.05) is 0 Å². The number of halogens is 1. The summed E-state index contributed by atoms with van der Waals surface area (Å²) >= 11 is 7.27. The van der Waals surface area contributed by atoms with Crippen LogP contribution < -0.4 is 5.32 Å². The van der Waals surface area contributed by atoms with Crippen LogP contribution in [0, 0.1) is 0 Å². The maximum atomic E-state index is 5.76. The van der Waals surface area contributed by atoms with Crippen molar-refractivity contribution >= 4 is 28.6 Å². The first-order valence-electron chi connectivity index (χ1n) is 5.21. The van der Waals surface area contributed by atoms with E-state index >= 15 is 0 Å². The molecule has 0 atom stereocenters. The van der Waals surface area contributed by atoms with Gasteiger partial charge in [-0.3, -0.25) is 0 Å². The van der Waals surface area contributed by atoms with Crippen LogP contribution in [0.1, 0.15) is 17.4 Å². The summed E-state index contributed by atoms with van der Waals surface area (Å²) in [4.78, 5) is 5.14. The summed E-state index contributed by atoms with van der Waals surface area (Å²) in [5.74, 6) is 0. The standard InChI is InChI=1S/C12H13ClN2S/c1-2-9-3-5-10(6-4-9)14-7-11-8-15-12(13)16-11/h3-6,8,14H,2,7H2,1H3. The fraction of sp³-hybridized carbons (Fsp3) is 0.250. The van der Waals surface area contributed by atoms with Crippen molar-refractivity contribution in [2.24, 2.45) is 0 Å². The van der Waals surface area contributed by atoms with Gasteiger partial charge in [-0.05, 0) is 24.1 Å². The molecular weight excluding hydrogens is 240 g/mol. The Kier molecular flexibility index (Phi) is 3.80. The van der Waals surface area contributed by atoms with Crippen LogP contribution in [0.5, 0.6) is 0 Å². The maximum absolute atomic E-state index is 5.76. The van der Waals surface area contributed by atoms with E-state index in [0.29, 0.717) is 4.47 Å². The fourth-order valence-electron chi connectivity index (χ4n) is 1.41. The highest BCUT2D eigenvalue weighted by atomic mass is 35.5. The SMILES string of the molecule is CCc1ccc(NCc2cnc(Cl)s2)cc1. The van der Waals surface area contributed by atoms with Crippen LogP contribution in [-0.2, 0) is 13.0 Å². The smallest absolute Gasteiger partial charge is 0.183 e. The summed E-state index contributed by atoms with van der Waals surface area (Å²) in [5.41, 5.74) is 2.48. The van der Waals surface area contributed by atoms with Crippen LogP contribution in [0.4, 0.5) is 5.69 Å². The Labute approximate surface area is 104 Å². The van der Waals surface area contributed by atoms with Crippen LogP contribution in [0.15, 0.2) is 30.5 Å². The molecule has 1 aromatic heterocycles. The molecular formula is C12H13ClN2S. The normalized spacial score (nSPS) is 10.4. The molecule has 84 valence electrons. The molecule has 0 radical (unpaired) electrons. The number of aromatic nitrogens is 1. The van der Waals surface area contributed by atoms with Crippen molar-refractivity contribution in [1.29, 1.82) is 0 Å². The second kappa shape index (κ2) is 5.32. The van der Waals surface area contributed by atoms with Crippen molar-refractivity contribution in [2.45, 2.75) is 19.9 Å². The molecule has 4 heteroatoms. The molecule has 16 heavy (non-hydrogen) atoms. The Morgan fingerprint density at radius 2 is 2.06 bits per heavy atom. The van der Waals surface area contributed by atoms with Gasteiger partial charge in [0, 0.05) is 16.8 Å². The minimum atomic E-state index is 0.595. The molecule has 0 saturated heterocycles. The minimum Gasteiger partial charge on any atom is -0.380 e. The van der Waals surface area contributed by atoms with Crippen LogP contribution in [-0.4, -0.2) is 4.98 Å². The lowest BCUT2D eigenvalue weighted by atomic mass is 10.1. The highest BCUT2D eigenvalue weighted by Crippen LogP contribution is 2.19. The van der Waals surface area contributed by atoms with Crippen molar-refractivity contribution in [1.82, 2.24) is 4.98 Å². The topological polar surface area (TPSA) is 24.9 Å². The summed E-state index contributed by atoms with van der Waals surface area (Å²) in [6, 6.07) is 8.48. The number of hydrogen-bond acceptors (Lipinski definition) is 3. The fourth-order valence-corrected chi connectivity index (χ4v) is 2.33. The van der Waals surface area contributed by atoms with Crippen molar-refractivity contribution in [2.75, 3.05) is 5.32 Å². The molecule has 2 aromatic rings. The Hall–Kier alpha value is -1.06. The van der Waals surface area contributed by atoms with Gasteiger partial charge in [-0.15, -0.1) is 11.3 Å². The van der Waals surface area contributed by atoms with Gasteiger partial charge in [-0.25, -0.2) is 4.98 Å². The zero-order chi connectivity index (χ0) is 11.4. The predicted octanol–water partition coefficient (Wildman–Crippen LogP) is 3.97. The Balaban J connectivity index is 1.94. The summed E-state index contributed by atoms with van der Waals surface area (Å²) in [5, 5.41) is 3.34. The summed E-state index contributed by atoms with van der Waals surface area (Å²) in [7, 11) is 0. The van der Waals surface area contributed by atoms with E-state index < -0.39 is 0 Å². The van der Waals surface area contributed by atoms with Crippen molar-refractivity contribution in [3.05, 3.63) is 45.4 Å². The van der Waals surface area contributed by atoms with Gasteiger partial charge >= 0.3 is 0 Å². The highest BCUT2D eigenvalue weighted by Gasteiger charge is 1.99. The van der Waals surface area contributed by atoms with Crippen molar-refractivity contribution in [3.8, 4) is 0 Å². The van der Waals surface area contributed by atoms with Crippen LogP contribution >= 0.6 is 22.9 Å². The summed E-state index contributed by atoms with van der Waals surface area (Å²) < 4.78 is 0.595. The monoisotopic (exact) mass is 252 g/mol. The third kappa shape index (κ3) is 2.97. The van der Waals surface area contributed by atoms with Crippen molar-refractivity contribution in [3.63, 3.8) is 0 Å². The van der Waals surface area contributed by atoms with Crippen LogP contribution in [0.3, 0.4) is 0 Å². The van der Waals surface area contributed by atoms with Crippen LogP contribution in [0.25, 0.3) is 0 Å². The molecule has 0 amide bonds. The molecule has 0 aliphatic heterocycles. The molecule has 2 rings (SSSR count). The second-order valence-electron chi connectivity index (χ2n) is 3.48. The second-order valence-corrected chi connectivity index (χ2v) is 5.18. The largest absolute Gasteiger partial charge is 0.380 e. The number of rotatable bonds is 4. The molecule has 0 saturated carbocycles. The number of hydrogen-bond donors (Lipinski definition) is 1. The lowest BCUT2D eigenvalue weighted by Gasteiger charge is -2.05. The number of nitrogens with zero attached hydrogens (tertiary/aromatic N) is 1. The molecule has 0 spiro atoms. The van der Waals surface area contributed by atoms with Gasteiger partial charge in [-0.2, -0.15) is 0 Å². The molecule has 1 heterocycles. The van der Waals surface area contributed by atoms with E-state index in [2.05, 4.69) is 41.5 Å². The van der Waals surface area contributed by atoms with Gasteiger partial charge in [-0.1, -0.05) is 30.7 Å². The third-order valence-electron chi connectivity index (χ3n) is 2.35. The van der Waals surface area contributed by atoms with Crippen LogP contribution in [0.2, 0.25) is 4.47 Å². The molecule has 0 bridgehead atoms. The first kappa shape index (κ1) is 11.4.